The average molecular weight is 315 g/mol. The Morgan fingerprint density at radius 2 is 2.04 bits per heavy atom. The van der Waals surface area contributed by atoms with Crippen LogP contribution in [0.1, 0.15) is 55.4 Å². The maximum absolute atomic E-state index is 4.64. The molecular weight excluding hydrogens is 290 g/mol. The van der Waals surface area contributed by atoms with Gasteiger partial charge in [0.05, 0.1) is 24.8 Å². The Balaban J connectivity index is 1.48. The van der Waals surface area contributed by atoms with E-state index in [1.807, 2.05) is 4.68 Å². The number of hydrogen-bond acceptors (Lipinski definition) is 5. The van der Waals surface area contributed by atoms with Crippen molar-refractivity contribution in [3.05, 3.63) is 23.3 Å². The van der Waals surface area contributed by atoms with Crippen LogP contribution in [0.3, 0.4) is 0 Å². The maximum atomic E-state index is 4.64. The molecule has 2 aromatic heterocycles. The Hall–Kier alpha value is -1.76. The van der Waals surface area contributed by atoms with E-state index < -0.39 is 0 Å². The molecule has 1 aliphatic heterocycles. The van der Waals surface area contributed by atoms with Gasteiger partial charge in [0.2, 0.25) is 0 Å². The van der Waals surface area contributed by atoms with Gasteiger partial charge in [-0.25, -0.2) is 4.68 Å². The molecule has 0 unspecified atom stereocenters. The Bertz CT molecular complexity index is 670. The number of rotatable bonds is 5. The zero-order valence-electron chi connectivity index (χ0n) is 14.0. The Labute approximate surface area is 136 Å². The van der Waals surface area contributed by atoms with Crippen molar-refractivity contribution in [3.63, 3.8) is 0 Å². The molecule has 0 N–H and O–H groups in total. The first kappa shape index (κ1) is 14.8. The summed E-state index contributed by atoms with van der Waals surface area (Å²) >= 11 is 0. The summed E-state index contributed by atoms with van der Waals surface area (Å²) in [5.74, 6) is 1.02. The molecule has 0 aromatic carbocycles. The van der Waals surface area contributed by atoms with Gasteiger partial charge in [-0.3, -0.25) is 9.58 Å². The summed E-state index contributed by atoms with van der Waals surface area (Å²) < 4.78 is 4.19. The molecule has 23 heavy (non-hydrogen) atoms. The largest absolute Gasteiger partial charge is 0.291 e. The summed E-state index contributed by atoms with van der Waals surface area (Å²) in [6.45, 7) is 7.15. The number of hydrogen-bond donors (Lipinski definition) is 0. The maximum Gasteiger partial charge on any atom is 0.165 e. The number of nitrogens with zero attached hydrogens (tertiary/aromatic N) is 7. The van der Waals surface area contributed by atoms with Crippen LogP contribution in [-0.4, -0.2) is 47.5 Å². The standard InChI is InChI=1S/C16H25N7/c1-12-9-13(2)22(18-12)10-15-5-3-4-8-21(15)11-16-17-19-20-23(16)14-6-7-14/h9,14-15H,3-8,10-11H2,1-2H3/t15-/m0/s1. The van der Waals surface area contributed by atoms with Crippen LogP contribution in [0, 0.1) is 13.8 Å². The van der Waals surface area contributed by atoms with Gasteiger partial charge in [0.15, 0.2) is 5.82 Å². The lowest BCUT2D eigenvalue weighted by molar-refractivity contribution is 0.116. The lowest BCUT2D eigenvalue weighted by Gasteiger charge is -2.35. The van der Waals surface area contributed by atoms with Gasteiger partial charge in [0.1, 0.15) is 0 Å². The summed E-state index contributed by atoms with van der Waals surface area (Å²) in [6, 6.07) is 3.21. The highest BCUT2D eigenvalue weighted by Gasteiger charge is 2.30. The fraction of sp³-hybridized carbons (Fsp3) is 0.750. The van der Waals surface area contributed by atoms with Gasteiger partial charge in [-0.2, -0.15) is 5.10 Å². The summed E-state index contributed by atoms with van der Waals surface area (Å²) in [7, 11) is 0. The Morgan fingerprint density at radius 1 is 1.17 bits per heavy atom. The Kier molecular flexibility index (Phi) is 3.88. The van der Waals surface area contributed by atoms with E-state index in [4.69, 9.17) is 0 Å². The first-order valence-electron chi connectivity index (χ1n) is 8.72. The van der Waals surface area contributed by atoms with Crippen molar-refractivity contribution in [1.29, 1.82) is 0 Å². The molecule has 0 spiro atoms. The molecular formula is C16H25N7. The molecule has 3 heterocycles. The zero-order chi connectivity index (χ0) is 15.8. The average Bonchev–Trinajstić information content (AvgIpc) is 3.19. The number of tetrazole rings is 1. The molecule has 0 radical (unpaired) electrons. The van der Waals surface area contributed by atoms with Crippen LogP contribution in [0.25, 0.3) is 0 Å². The van der Waals surface area contributed by atoms with Gasteiger partial charge in [0.25, 0.3) is 0 Å². The summed E-state index contributed by atoms with van der Waals surface area (Å²) in [5.41, 5.74) is 2.35. The van der Waals surface area contributed by atoms with Gasteiger partial charge in [-0.1, -0.05) is 6.42 Å². The van der Waals surface area contributed by atoms with Crippen molar-refractivity contribution in [2.75, 3.05) is 6.54 Å². The molecule has 0 bridgehead atoms. The molecule has 2 fully saturated rings. The quantitative estimate of drug-likeness (QED) is 0.843. The first-order chi connectivity index (χ1) is 11.2. The van der Waals surface area contributed by atoms with Gasteiger partial charge in [-0.15, -0.1) is 5.10 Å². The Morgan fingerprint density at radius 3 is 2.78 bits per heavy atom. The zero-order valence-corrected chi connectivity index (χ0v) is 14.0. The van der Waals surface area contributed by atoms with Crippen molar-refractivity contribution in [2.24, 2.45) is 0 Å². The summed E-state index contributed by atoms with van der Waals surface area (Å²) in [5, 5.41) is 17.0. The molecule has 4 rings (SSSR count). The minimum atomic E-state index is 0.520. The molecule has 0 amide bonds. The molecule has 7 heteroatoms. The molecule has 7 nitrogen and oxygen atoms in total. The van der Waals surface area contributed by atoms with Crippen LogP contribution in [-0.2, 0) is 13.1 Å². The third-order valence-electron chi connectivity index (χ3n) is 5.03. The minimum absolute atomic E-state index is 0.520. The van der Waals surface area contributed by atoms with Crippen molar-refractivity contribution in [3.8, 4) is 0 Å². The van der Waals surface area contributed by atoms with E-state index in [9.17, 15) is 0 Å². The van der Waals surface area contributed by atoms with E-state index in [0.29, 0.717) is 12.1 Å². The second-order valence-electron chi connectivity index (χ2n) is 7.00. The summed E-state index contributed by atoms with van der Waals surface area (Å²) in [4.78, 5) is 2.55. The predicted octanol–water partition coefficient (Wildman–Crippen LogP) is 1.88. The minimum Gasteiger partial charge on any atom is -0.291 e. The van der Waals surface area contributed by atoms with Crippen molar-refractivity contribution < 1.29 is 0 Å². The second kappa shape index (κ2) is 6.03. The van der Waals surface area contributed by atoms with E-state index in [2.05, 4.69) is 50.1 Å². The van der Waals surface area contributed by atoms with E-state index in [1.165, 1.54) is 37.8 Å². The molecule has 2 aliphatic rings. The topological polar surface area (TPSA) is 64.7 Å². The second-order valence-corrected chi connectivity index (χ2v) is 7.00. The number of piperidine rings is 1. The number of aromatic nitrogens is 6. The first-order valence-corrected chi connectivity index (χ1v) is 8.72. The molecule has 1 aliphatic carbocycles. The van der Waals surface area contributed by atoms with E-state index in [0.717, 1.165) is 31.2 Å². The summed E-state index contributed by atoms with van der Waals surface area (Å²) in [6.07, 6.45) is 6.22. The molecule has 2 aromatic rings. The normalized spacial score (nSPS) is 22.6. The van der Waals surface area contributed by atoms with E-state index >= 15 is 0 Å². The van der Waals surface area contributed by atoms with Gasteiger partial charge >= 0.3 is 0 Å². The molecule has 1 atom stereocenters. The fourth-order valence-electron chi connectivity index (χ4n) is 3.64. The molecule has 1 saturated carbocycles. The van der Waals surface area contributed by atoms with Crippen molar-refractivity contribution in [1.82, 2.24) is 34.9 Å². The monoisotopic (exact) mass is 315 g/mol. The van der Waals surface area contributed by atoms with Crippen LogP contribution in [0.4, 0.5) is 0 Å². The highest BCUT2D eigenvalue weighted by Crippen LogP contribution is 2.34. The fourth-order valence-corrected chi connectivity index (χ4v) is 3.64. The lowest BCUT2D eigenvalue weighted by atomic mass is 10.0. The number of likely N-dealkylation sites (tertiary alicyclic amines) is 1. The molecule has 1 saturated heterocycles. The van der Waals surface area contributed by atoms with Gasteiger partial charge < -0.3 is 0 Å². The van der Waals surface area contributed by atoms with Crippen molar-refractivity contribution >= 4 is 0 Å². The van der Waals surface area contributed by atoms with Crippen LogP contribution < -0.4 is 0 Å². The third-order valence-corrected chi connectivity index (χ3v) is 5.03. The van der Waals surface area contributed by atoms with Crippen molar-refractivity contribution in [2.45, 2.75) is 71.1 Å². The van der Waals surface area contributed by atoms with E-state index in [-0.39, 0.29) is 0 Å². The third kappa shape index (κ3) is 3.15. The number of aryl methyl sites for hydroxylation is 2. The van der Waals surface area contributed by atoms with Crippen LogP contribution in [0.15, 0.2) is 6.07 Å². The van der Waals surface area contributed by atoms with Crippen LogP contribution in [0.2, 0.25) is 0 Å². The smallest absolute Gasteiger partial charge is 0.165 e. The van der Waals surface area contributed by atoms with Gasteiger partial charge in [-0.05, 0) is 62.6 Å². The van der Waals surface area contributed by atoms with Crippen LogP contribution in [0.5, 0.6) is 0 Å². The van der Waals surface area contributed by atoms with E-state index in [1.54, 1.807) is 0 Å². The lowest BCUT2D eigenvalue weighted by Crippen LogP contribution is -2.42. The SMILES string of the molecule is Cc1cc(C)n(C[C@@H]2CCCCN2Cc2nnnn2C2CC2)n1. The molecule has 124 valence electrons. The van der Waals surface area contributed by atoms with Crippen LogP contribution >= 0.6 is 0 Å². The predicted molar refractivity (Wildman–Crippen MR) is 85.8 cm³/mol. The van der Waals surface area contributed by atoms with Gasteiger partial charge in [0, 0.05) is 11.7 Å². The highest BCUT2D eigenvalue weighted by molar-refractivity contribution is 5.07. The highest BCUT2D eigenvalue weighted by atomic mass is 15.6.